The van der Waals surface area contributed by atoms with Crippen LogP contribution in [0, 0.1) is 0 Å². The molecule has 0 bridgehead atoms. The molecule has 0 amide bonds. The number of nitrogens with two attached hydrogens (primary N) is 1. The molecule has 0 unspecified atom stereocenters. The molecule has 0 saturated carbocycles. The van der Waals surface area contributed by atoms with Gasteiger partial charge in [0.05, 0.1) is 6.61 Å². The Morgan fingerprint density at radius 3 is 3.00 bits per heavy atom. The largest absolute Gasteiger partial charge is 0.389 e. The molecule has 1 aromatic heterocycles. The van der Waals surface area contributed by atoms with E-state index in [0.717, 1.165) is 0 Å². The van der Waals surface area contributed by atoms with Gasteiger partial charge >= 0.3 is 0 Å². The quantitative estimate of drug-likeness (QED) is 0.574. The van der Waals surface area contributed by atoms with E-state index in [4.69, 9.17) is 22.7 Å². The molecular weight excluding hydrogens is 248 g/mol. The van der Waals surface area contributed by atoms with Crippen LogP contribution in [0.3, 0.4) is 0 Å². The number of pyridine rings is 1. The summed E-state index contributed by atoms with van der Waals surface area (Å²) in [7, 11) is 0. The molecule has 1 aromatic rings. The number of hydrogen-bond donors (Lipinski definition) is 2. The fourth-order valence-electron chi connectivity index (χ4n) is 1.10. The molecule has 1 heterocycles. The minimum Gasteiger partial charge on any atom is -0.389 e. The van der Waals surface area contributed by atoms with Crippen molar-refractivity contribution in [2.45, 2.75) is 6.43 Å². The highest BCUT2D eigenvalue weighted by Crippen LogP contribution is 2.06. The molecule has 0 aliphatic heterocycles. The van der Waals surface area contributed by atoms with Crippen molar-refractivity contribution in [3.63, 3.8) is 0 Å². The van der Waals surface area contributed by atoms with Gasteiger partial charge in [0.2, 0.25) is 0 Å². The van der Waals surface area contributed by atoms with Gasteiger partial charge in [0, 0.05) is 18.3 Å². The van der Waals surface area contributed by atoms with Gasteiger partial charge in [-0.1, -0.05) is 12.2 Å². The fourth-order valence-corrected chi connectivity index (χ4v) is 1.23. The normalized spacial score (nSPS) is 10.5. The number of nitrogens with one attached hydrogen (secondary N) is 1. The number of rotatable bonds is 7. The third kappa shape index (κ3) is 5.50. The van der Waals surface area contributed by atoms with Crippen LogP contribution in [0.15, 0.2) is 18.3 Å². The molecule has 0 aliphatic carbocycles. The lowest BCUT2D eigenvalue weighted by atomic mass is 10.2. The minimum atomic E-state index is -2.44. The highest BCUT2D eigenvalue weighted by molar-refractivity contribution is 7.80. The molecule has 1 rings (SSSR count). The molecule has 7 heteroatoms. The molecule has 0 saturated heterocycles. The summed E-state index contributed by atoms with van der Waals surface area (Å²) in [6.07, 6.45) is -0.873. The van der Waals surface area contributed by atoms with E-state index >= 15 is 0 Å². The van der Waals surface area contributed by atoms with Crippen LogP contribution in [-0.2, 0) is 4.74 Å². The Labute approximate surface area is 103 Å². The number of alkyl halides is 2. The van der Waals surface area contributed by atoms with Crippen LogP contribution in [0.1, 0.15) is 5.56 Å². The second-order valence-corrected chi connectivity index (χ2v) is 3.63. The number of hydrogen-bond acceptors (Lipinski definition) is 4. The number of anilines is 1. The van der Waals surface area contributed by atoms with E-state index in [9.17, 15) is 8.78 Å². The van der Waals surface area contributed by atoms with Gasteiger partial charge in [-0.15, -0.1) is 0 Å². The Kier molecular flexibility index (Phi) is 5.71. The van der Waals surface area contributed by atoms with E-state index in [2.05, 4.69) is 10.3 Å². The van der Waals surface area contributed by atoms with Gasteiger partial charge in [0.1, 0.15) is 17.4 Å². The molecule has 0 radical (unpaired) electrons. The van der Waals surface area contributed by atoms with Gasteiger partial charge in [0.15, 0.2) is 0 Å². The maximum atomic E-state index is 11.7. The van der Waals surface area contributed by atoms with E-state index in [1.165, 1.54) is 0 Å². The molecule has 0 spiro atoms. The van der Waals surface area contributed by atoms with Gasteiger partial charge in [-0.3, -0.25) is 0 Å². The molecule has 4 nitrogen and oxygen atoms in total. The van der Waals surface area contributed by atoms with Crippen LogP contribution in [0.4, 0.5) is 14.6 Å². The summed E-state index contributed by atoms with van der Waals surface area (Å²) in [4.78, 5) is 4.31. The average Bonchev–Trinajstić information content (AvgIpc) is 2.28. The predicted molar refractivity (Wildman–Crippen MR) is 65.4 cm³/mol. The smallest absolute Gasteiger partial charge is 0.261 e. The fraction of sp³-hybridized carbons (Fsp3) is 0.400. The van der Waals surface area contributed by atoms with Crippen molar-refractivity contribution in [1.29, 1.82) is 0 Å². The third-order valence-corrected chi connectivity index (χ3v) is 2.08. The SMILES string of the molecule is NC(=S)c1ccnc(NCCOCC(F)F)c1. The van der Waals surface area contributed by atoms with E-state index in [-0.39, 0.29) is 11.6 Å². The Morgan fingerprint density at radius 1 is 1.59 bits per heavy atom. The van der Waals surface area contributed by atoms with E-state index in [1.54, 1.807) is 18.3 Å². The molecule has 0 aliphatic rings. The standard InChI is InChI=1S/C10H13F2N3OS/c11-8(12)6-16-4-3-15-9-5-7(10(13)17)1-2-14-9/h1-2,5,8H,3-4,6H2,(H2,13,17)(H,14,15). The molecular formula is C10H13F2N3OS. The van der Waals surface area contributed by atoms with Crippen LogP contribution in [0.5, 0.6) is 0 Å². The first kappa shape index (κ1) is 13.7. The highest BCUT2D eigenvalue weighted by atomic mass is 32.1. The van der Waals surface area contributed by atoms with Gasteiger partial charge < -0.3 is 15.8 Å². The molecule has 3 N–H and O–H groups in total. The van der Waals surface area contributed by atoms with Crippen molar-refractivity contribution in [2.24, 2.45) is 5.73 Å². The zero-order valence-corrected chi connectivity index (χ0v) is 9.84. The lowest BCUT2D eigenvalue weighted by molar-refractivity contribution is 0.0215. The Morgan fingerprint density at radius 2 is 2.35 bits per heavy atom. The number of thiocarbonyl (C=S) groups is 1. The van der Waals surface area contributed by atoms with Crippen LogP contribution >= 0.6 is 12.2 Å². The number of ether oxygens (including phenoxy) is 1. The summed E-state index contributed by atoms with van der Waals surface area (Å²) < 4.78 is 28.2. The first-order valence-electron chi connectivity index (χ1n) is 4.95. The monoisotopic (exact) mass is 261 g/mol. The summed E-state index contributed by atoms with van der Waals surface area (Å²) >= 11 is 4.82. The number of aromatic nitrogens is 1. The van der Waals surface area contributed by atoms with E-state index in [1.807, 2.05) is 0 Å². The van der Waals surface area contributed by atoms with Gasteiger partial charge in [-0.05, 0) is 12.1 Å². The van der Waals surface area contributed by atoms with Crippen LogP contribution in [0.2, 0.25) is 0 Å². The zero-order valence-electron chi connectivity index (χ0n) is 9.03. The lowest BCUT2D eigenvalue weighted by Gasteiger charge is -2.07. The summed E-state index contributed by atoms with van der Waals surface area (Å²) in [5, 5.41) is 2.92. The Bertz CT molecular complexity index is 376. The summed E-state index contributed by atoms with van der Waals surface area (Å²) in [5.41, 5.74) is 6.16. The molecule has 94 valence electrons. The van der Waals surface area contributed by atoms with E-state index in [0.29, 0.717) is 17.9 Å². The molecule has 0 atom stereocenters. The predicted octanol–water partition coefficient (Wildman–Crippen LogP) is 1.41. The summed E-state index contributed by atoms with van der Waals surface area (Å²) in [6, 6.07) is 3.39. The number of nitrogens with zero attached hydrogens (tertiary/aromatic N) is 1. The van der Waals surface area contributed by atoms with Crippen molar-refractivity contribution in [1.82, 2.24) is 4.98 Å². The Hall–Kier alpha value is -1.34. The second-order valence-electron chi connectivity index (χ2n) is 3.19. The zero-order chi connectivity index (χ0) is 12.7. The highest BCUT2D eigenvalue weighted by Gasteiger charge is 2.02. The van der Waals surface area contributed by atoms with Crippen molar-refractivity contribution in [3.8, 4) is 0 Å². The maximum absolute atomic E-state index is 11.7. The molecule has 0 fully saturated rings. The van der Waals surface area contributed by atoms with Crippen molar-refractivity contribution < 1.29 is 13.5 Å². The summed E-state index contributed by atoms with van der Waals surface area (Å²) in [5.74, 6) is 0.580. The van der Waals surface area contributed by atoms with Gasteiger partial charge in [-0.2, -0.15) is 0 Å². The maximum Gasteiger partial charge on any atom is 0.261 e. The van der Waals surface area contributed by atoms with Gasteiger partial charge in [-0.25, -0.2) is 13.8 Å². The average molecular weight is 261 g/mol. The lowest BCUT2D eigenvalue weighted by Crippen LogP contribution is -2.15. The molecule has 0 aromatic carbocycles. The minimum absolute atomic E-state index is 0.184. The second kappa shape index (κ2) is 7.08. The first-order valence-corrected chi connectivity index (χ1v) is 5.36. The van der Waals surface area contributed by atoms with Crippen LogP contribution < -0.4 is 11.1 Å². The molecule has 17 heavy (non-hydrogen) atoms. The topological polar surface area (TPSA) is 60.2 Å². The van der Waals surface area contributed by atoms with Crippen LogP contribution in [0.25, 0.3) is 0 Å². The Balaban J connectivity index is 2.31. The first-order chi connectivity index (χ1) is 8.09. The van der Waals surface area contributed by atoms with Crippen LogP contribution in [-0.4, -0.2) is 36.2 Å². The van der Waals surface area contributed by atoms with Crippen molar-refractivity contribution >= 4 is 23.0 Å². The van der Waals surface area contributed by atoms with Crippen molar-refractivity contribution in [3.05, 3.63) is 23.9 Å². The summed E-state index contributed by atoms with van der Waals surface area (Å²) in [6.45, 7) is 0.0197. The van der Waals surface area contributed by atoms with Crippen molar-refractivity contribution in [2.75, 3.05) is 25.1 Å². The number of halogens is 2. The van der Waals surface area contributed by atoms with E-state index < -0.39 is 13.0 Å². The van der Waals surface area contributed by atoms with Gasteiger partial charge in [0.25, 0.3) is 6.43 Å². The third-order valence-electron chi connectivity index (χ3n) is 1.84.